The van der Waals surface area contributed by atoms with Gasteiger partial charge in [-0.05, 0) is 43.9 Å². The Kier molecular flexibility index (Phi) is 3.97. The van der Waals surface area contributed by atoms with Crippen molar-refractivity contribution in [3.8, 4) is 0 Å². The Labute approximate surface area is 165 Å². The van der Waals surface area contributed by atoms with Gasteiger partial charge in [0.2, 0.25) is 11.8 Å². The molecule has 2 amide bonds. The number of carbonyl (C=O) groups is 2. The summed E-state index contributed by atoms with van der Waals surface area (Å²) in [5.74, 6) is -0.706. The van der Waals surface area contributed by atoms with E-state index in [0.717, 1.165) is 38.5 Å². The van der Waals surface area contributed by atoms with Gasteiger partial charge in [0.05, 0.1) is 36.3 Å². The normalized spacial score (nSPS) is 55.2. The third-order valence-electron chi connectivity index (χ3n) is 8.56. The average Bonchev–Trinajstić information content (AvgIpc) is 3.18. The van der Waals surface area contributed by atoms with Gasteiger partial charge < -0.3 is 19.9 Å². The highest BCUT2D eigenvalue weighted by Crippen LogP contribution is 2.54. The molecule has 3 aliphatic carbocycles. The topological polar surface area (TPSA) is 88.1 Å². The summed E-state index contributed by atoms with van der Waals surface area (Å²) in [6.07, 6.45) is 6.01. The van der Waals surface area contributed by atoms with Crippen molar-refractivity contribution in [1.82, 2.24) is 10.2 Å². The van der Waals surface area contributed by atoms with Gasteiger partial charge >= 0.3 is 0 Å². The largest absolute Gasteiger partial charge is 0.393 e. The monoisotopic (exact) mass is 390 g/mol. The molecule has 0 spiro atoms. The minimum Gasteiger partial charge on any atom is -0.393 e. The summed E-state index contributed by atoms with van der Waals surface area (Å²) in [7, 11) is 1.61. The van der Waals surface area contributed by atoms with Crippen molar-refractivity contribution in [2.75, 3.05) is 7.05 Å². The second-order valence-corrected chi connectivity index (χ2v) is 9.86. The fraction of sp³-hybridized carbons (Fsp3) is 0.905. The SMILES string of the molecule is CN1C(=O)C2C3OC4CCCCC4OC3C3NC4CCC(O)CC4C3C2C1=O. The van der Waals surface area contributed by atoms with Crippen LogP contribution in [0.25, 0.3) is 0 Å². The first-order chi connectivity index (χ1) is 13.5. The van der Waals surface area contributed by atoms with Gasteiger partial charge in [-0.15, -0.1) is 0 Å². The number of likely N-dealkylation sites (tertiary alicyclic amines) is 1. The standard InChI is InChI=1S/C21H30N2O5/c1-23-20(25)15-14-10-8-9(24)6-7-11(10)22-17(14)19-18(16(15)21(23)26)27-12-4-2-3-5-13(12)28-19/h9-19,22,24H,2-8H2,1H3. The molecule has 6 fully saturated rings. The van der Waals surface area contributed by atoms with Crippen LogP contribution < -0.4 is 5.32 Å². The van der Waals surface area contributed by atoms with Gasteiger partial charge in [-0.1, -0.05) is 12.8 Å². The highest BCUT2D eigenvalue weighted by Gasteiger charge is 2.68. The summed E-state index contributed by atoms with van der Waals surface area (Å²) in [6, 6.07) is 0.317. The molecule has 3 saturated carbocycles. The molecular weight excluding hydrogens is 360 g/mol. The molecule has 154 valence electrons. The van der Waals surface area contributed by atoms with Crippen LogP contribution in [0.3, 0.4) is 0 Å². The molecule has 3 saturated heterocycles. The smallest absolute Gasteiger partial charge is 0.235 e. The average molecular weight is 390 g/mol. The van der Waals surface area contributed by atoms with E-state index in [0.29, 0.717) is 12.5 Å². The van der Waals surface area contributed by atoms with Crippen LogP contribution in [0.5, 0.6) is 0 Å². The molecule has 0 aromatic rings. The van der Waals surface area contributed by atoms with Gasteiger partial charge in [0, 0.05) is 19.1 Å². The zero-order valence-corrected chi connectivity index (χ0v) is 16.3. The predicted molar refractivity (Wildman–Crippen MR) is 98.1 cm³/mol. The Balaban J connectivity index is 1.40. The maximum atomic E-state index is 13.1. The maximum Gasteiger partial charge on any atom is 0.235 e. The van der Waals surface area contributed by atoms with E-state index in [4.69, 9.17) is 9.47 Å². The maximum absolute atomic E-state index is 13.1. The number of rotatable bonds is 0. The van der Waals surface area contributed by atoms with Crippen molar-refractivity contribution in [3.05, 3.63) is 0 Å². The van der Waals surface area contributed by atoms with E-state index in [1.54, 1.807) is 7.05 Å². The zero-order chi connectivity index (χ0) is 19.2. The minimum absolute atomic E-state index is 0.0256. The third-order valence-corrected chi connectivity index (χ3v) is 8.56. The van der Waals surface area contributed by atoms with Gasteiger partial charge in [-0.3, -0.25) is 14.5 Å². The molecule has 11 atom stereocenters. The van der Waals surface area contributed by atoms with Crippen LogP contribution in [0.1, 0.15) is 44.9 Å². The molecule has 2 N–H and O–H groups in total. The van der Waals surface area contributed by atoms with E-state index in [2.05, 4.69) is 5.32 Å². The van der Waals surface area contributed by atoms with E-state index >= 15 is 0 Å². The number of hydrogen-bond donors (Lipinski definition) is 2. The Hall–Kier alpha value is -1.02. The number of amides is 2. The van der Waals surface area contributed by atoms with Crippen LogP contribution in [0.4, 0.5) is 0 Å². The van der Waals surface area contributed by atoms with Crippen LogP contribution in [0.2, 0.25) is 0 Å². The minimum atomic E-state index is -0.439. The van der Waals surface area contributed by atoms with Crippen molar-refractivity contribution in [2.24, 2.45) is 23.7 Å². The molecule has 0 aromatic heterocycles. The Morgan fingerprint density at radius 3 is 2.39 bits per heavy atom. The van der Waals surface area contributed by atoms with E-state index in [1.807, 2.05) is 0 Å². The summed E-state index contributed by atoms with van der Waals surface area (Å²) in [6.45, 7) is 0. The van der Waals surface area contributed by atoms with Crippen LogP contribution in [0, 0.1) is 23.7 Å². The molecule has 6 rings (SSSR count). The molecule has 0 bridgehead atoms. The van der Waals surface area contributed by atoms with Crippen LogP contribution >= 0.6 is 0 Å². The lowest BCUT2D eigenvalue weighted by atomic mass is 9.62. The number of hydrogen-bond acceptors (Lipinski definition) is 6. The van der Waals surface area contributed by atoms with Gasteiger partial charge in [0.15, 0.2) is 0 Å². The fourth-order valence-corrected chi connectivity index (χ4v) is 7.37. The Morgan fingerprint density at radius 2 is 1.64 bits per heavy atom. The van der Waals surface area contributed by atoms with Gasteiger partial charge in [0.1, 0.15) is 6.10 Å². The first kappa shape index (κ1) is 17.8. The van der Waals surface area contributed by atoms with Crippen molar-refractivity contribution in [1.29, 1.82) is 0 Å². The van der Waals surface area contributed by atoms with Gasteiger partial charge in [-0.2, -0.15) is 0 Å². The third kappa shape index (κ3) is 2.30. The predicted octanol–water partition coefficient (Wildman–Crippen LogP) is 0.444. The summed E-state index contributed by atoms with van der Waals surface area (Å²) in [5.41, 5.74) is 0. The molecule has 3 heterocycles. The molecule has 7 heteroatoms. The summed E-state index contributed by atoms with van der Waals surface area (Å²) >= 11 is 0. The summed E-state index contributed by atoms with van der Waals surface area (Å²) < 4.78 is 13.2. The first-order valence-electron chi connectivity index (χ1n) is 11.1. The van der Waals surface area contributed by atoms with Crippen molar-refractivity contribution < 1.29 is 24.2 Å². The summed E-state index contributed by atoms with van der Waals surface area (Å²) in [4.78, 5) is 27.5. The number of aliphatic hydroxyl groups excluding tert-OH is 1. The zero-order valence-electron chi connectivity index (χ0n) is 16.3. The molecule has 0 radical (unpaired) electrons. The number of carbonyl (C=O) groups excluding carboxylic acids is 2. The molecule has 0 aromatic carbocycles. The Bertz CT molecular complexity index is 700. The molecular formula is C21H30N2O5. The molecule has 7 nitrogen and oxygen atoms in total. The van der Waals surface area contributed by atoms with E-state index in [-0.39, 0.29) is 66.1 Å². The van der Waals surface area contributed by atoms with E-state index in [1.165, 1.54) is 4.90 Å². The lowest BCUT2D eigenvalue weighted by Crippen LogP contribution is -2.66. The quantitative estimate of drug-likeness (QED) is 0.584. The number of nitrogens with zero attached hydrogens (tertiary/aromatic N) is 1. The van der Waals surface area contributed by atoms with E-state index < -0.39 is 5.92 Å². The Morgan fingerprint density at radius 1 is 0.964 bits per heavy atom. The lowest BCUT2D eigenvalue weighted by Gasteiger charge is -2.52. The number of ether oxygens (including phenoxy) is 2. The van der Waals surface area contributed by atoms with Crippen LogP contribution in [-0.2, 0) is 19.1 Å². The van der Waals surface area contributed by atoms with Gasteiger partial charge in [0.25, 0.3) is 0 Å². The second-order valence-electron chi connectivity index (χ2n) is 9.86. The van der Waals surface area contributed by atoms with Crippen molar-refractivity contribution in [3.63, 3.8) is 0 Å². The first-order valence-corrected chi connectivity index (χ1v) is 11.1. The number of nitrogens with one attached hydrogen (secondary N) is 1. The molecule has 6 aliphatic rings. The highest BCUT2D eigenvalue weighted by molar-refractivity contribution is 6.05. The number of aliphatic hydroxyl groups is 1. The van der Waals surface area contributed by atoms with Crippen LogP contribution in [-0.4, -0.2) is 71.5 Å². The van der Waals surface area contributed by atoms with Crippen molar-refractivity contribution >= 4 is 11.8 Å². The summed E-state index contributed by atoms with van der Waals surface area (Å²) in [5, 5.41) is 14.1. The number of imide groups is 1. The highest BCUT2D eigenvalue weighted by atomic mass is 16.6. The molecule has 3 aliphatic heterocycles. The second kappa shape index (κ2) is 6.24. The lowest BCUT2D eigenvalue weighted by molar-refractivity contribution is -0.265. The molecule has 28 heavy (non-hydrogen) atoms. The van der Waals surface area contributed by atoms with Crippen LogP contribution in [0.15, 0.2) is 0 Å². The fourth-order valence-electron chi connectivity index (χ4n) is 7.37. The van der Waals surface area contributed by atoms with Crippen molar-refractivity contribution in [2.45, 2.75) is 87.5 Å². The van der Waals surface area contributed by atoms with E-state index in [9.17, 15) is 14.7 Å². The number of fused-ring (bicyclic) bond motifs is 9. The van der Waals surface area contributed by atoms with Gasteiger partial charge in [-0.25, -0.2) is 0 Å². The molecule has 11 unspecified atom stereocenters.